The summed E-state index contributed by atoms with van der Waals surface area (Å²) in [5, 5.41) is 0. The maximum absolute atomic E-state index is 4.06. The van der Waals surface area contributed by atoms with Gasteiger partial charge >= 0.3 is 0 Å². The number of rotatable bonds is 0. The molecule has 0 aliphatic heterocycles. The van der Waals surface area contributed by atoms with Gasteiger partial charge < -0.3 is 4.98 Å². The molecule has 3 aromatic rings. The highest BCUT2D eigenvalue weighted by molar-refractivity contribution is 5.73. The normalized spacial score (nSPS) is 8.47. The van der Waals surface area contributed by atoms with Crippen LogP contribution in [0.4, 0.5) is 0 Å². The van der Waals surface area contributed by atoms with Gasteiger partial charge in [0.1, 0.15) is 0 Å². The zero-order valence-corrected chi connectivity index (χ0v) is 9.71. The van der Waals surface area contributed by atoms with Crippen molar-refractivity contribution < 1.29 is 0 Å². The summed E-state index contributed by atoms with van der Waals surface area (Å²) < 4.78 is 0. The van der Waals surface area contributed by atoms with E-state index < -0.39 is 0 Å². The molecule has 0 atom stereocenters. The van der Waals surface area contributed by atoms with Crippen molar-refractivity contribution in [2.75, 3.05) is 0 Å². The molecule has 0 aliphatic carbocycles. The zero-order valence-electron chi connectivity index (χ0n) is 9.71. The van der Waals surface area contributed by atoms with Crippen molar-refractivity contribution in [3.05, 3.63) is 80.1 Å². The van der Waals surface area contributed by atoms with Gasteiger partial charge in [-0.3, -0.25) is 0 Å². The molecule has 0 saturated carbocycles. The van der Waals surface area contributed by atoms with E-state index in [9.17, 15) is 0 Å². The molecule has 0 bridgehead atoms. The second-order valence-corrected chi connectivity index (χ2v) is 3.07. The van der Waals surface area contributed by atoms with Gasteiger partial charge in [-0.15, -0.1) is 13.2 Å². The van der Waals surface area contributed by atoms with Gasteiger partial charge in [0, 0.05) is 0 Å². The number of nitrogens with zero attached hydrogens (tertiary/aromatic N) is 1. The molecule has 2 heteroatoms. The van der Waals surface area contributed by atoms with Gasteiger partial charge in [0.05, 0.1) is 17.4 Å². The molecule has 0 amide bonds. The summed E-state index contributed by atoms with van der Waals surface area (Å²) >= 11 is 0. The third-order valence-electron chi connectivity index (χ3n) is 1.99. The van der Waals surface area contributed by atoms with E-state index in [1.165, 1.54) is 0 Å². The van der Waals surface area contributed by atoms with Crippen molar-refractivity contribution in [2.24, 2.45) is 0 Å². The molecule has 3 rings (SSSR count). The molecule has 0 radical (unpaired) electrons. The second kappa shape index (κ2) is 7.88. The van der Waals surface area contributed by atoms with E-state index in [1.54, 1.807) is 6.33 Å². The van der Waals surface area contributed by atoms with Crippen LogP contribution in [0.5, 0.6) is 0 Å². The van der Waals surface area contributed by atoms with E-state index in [2.05, 4.69) is 23.1 Å². The highest BCUT2D eigenvalue weighted by Gasteiger charge is 1.88. The molecular weight excluding hydrogens is 208 g/mol. The van der Waals surface area contributed by atoms with E-state index in [-0.39, 0.29) is 0 Å². The minimum Gasteiger partial charge on any atom is -0.345 e. The number of hydrogen-bond acceptors (Lipinski definition) is 1. The number of H-pyrrole nitrogens is 1. The molecule has 2 nitrogen and oxygen atoms in total. The molecule has 2 aromatic carbocycles. The number of fused-ring (bicyclic) bond motifs is 1. The molecular formula is C15H16N2. The Labute approximate surface area is 102 Å². The van der Waals surface area contributed by atoms with Crippen LogP contribution in [0.1, 0.15) is 0 Å². The number of nitrogens with one attached hydrogen (secondary N) is 1. The molecule has 0 spiro atoms. The lowest BCUT2D eigenvalue weighted by atomic mass is 10.3. The predicted molar refractivity (Wildman–Crippen MR) is 73.8 cm³/mol. The summed E-state index contributed by atoms with van der Waals surface area (Å²) in [5.41, 5.74) is 2.12. The Hall–Kier alpha value is -2.35. The van der Waals surface area contributed by atoms with Crippen LogP contribution < -0.4 is 0 Å². The SMILES string of the molecule is C=C.c1ccc2[nH]cnc2c1.c1ccccc1. The number of aromatic amines is 1. The molecule has 0 saturated heterocycles. The summed E-state index contributed by atoms with van der Waals surface area (Å²) in [6, 6.07) is 19.9. The Bertz CT molecular complexity index is 457. The first-order valence-electron chi connectivity index (χ1n) is 5.35. The number of imidazole rings is 1. The summed E-state index contributed by atoms with van der Waals surface area (Å²) in [6.07, 6.45) is 1.70. The number of hydrogen-bond donors (Lipinski definition) is 1. The molecule has 0 aliphatic rings. The lowest BCUT2D eigenvalue weighted by Gasteiger charge is -1.81. The summed E-state index contributed by atoms with van der Waals surface area (Å²) in [5.74, 6) is 0. The van der Waals surface area contributed by atoms with Crippen LogP contribution in [0.25, 0.3) is 11.0 Å². The molecule has 1 heterocycles. The third-order valence-corrected chi connectivity index (χ3v) is 1.99. The topological polar surface area (TPSA) is 28.7 Å². The number of aromatic nitrogens is 2. The van der Waals surface area contributed by atoms with Crippen molar-refractivity contribution in [3.8, 4) is 0 Å². The van der Waals surface area contributed by atoms with E-state index in [1.807, 2.05) is 60.7 Å². The highest BCUT2D eigenvalue weighted by Crippen LogP contribution is 2.05. The largest absolute Gasteiger partial charge is 0.345 e. The van der Waals surface area contributed by atoms with Crippen LogP contribution in [-0.2, 0) is 0 Å². The summed E-state index contributed by atoms with van der Waals surface area (Å²) in [7, 11) is 0. The van der Waals surface area contributed by atoms with E-state index in [4.69, 9.17) is 0 Å². The fourth-order valence-electron chi connectivity index (χ4n) is 1.26. The first-order chi connectivity index (χ1) is 8.47. The maximum Gasteiger partial charge on any atom is 0.0931 e. The van der Waals surface area contributed by atoms with Gasteiger partial charge in [-0.2, -0.15) is 0 Å². The molecule has 0 unspecified atom stereocenters. The van der Waals surface area contributed by atoms with Crippen LogP contribution >= 0.6 is 0 Å². The van der Waals surface area contributed by atoms with E-state index in [0.717, 1.165) is 11.0 Å². The van der Waals surface area contributed by atoms with Gasteiger partial charge in [0.25, 0.3) is 0 Å². The van der Waals surface area contributed by atoms with Gasteiger partial charge in [0.15, 0.2) is 0 Å². The van der Waals surface area contributed by atoms with Gasteiger partial charge in [-0.25, -0.2) is 4.98 Å². The van der Waals surface area contributed by atoms with Crippen LogP contribution in [0, 0.1) is 0 Å². The van der Waals surface area contributed by atoms with Gasteiger partial charge in [-0.05, 0) is 12.1 Å². The van der Waals surface area contributed by atoms with Crippen molar-refractivity contribution >= 4 is 11.0 Å². The zero-order chi connectivity index (χ0) is 12.3. The minimum absolute atomic E-state index is 1.03. The van der Waals surface area contributed by atoms with E-state index in [0.29, 0.717) is 0 Å². The van der Waals surface area contributed by atoms with Crippen molar-refractivity contribution in [3.63, 3.8) is 0 Å². The Morgan fingerprint density at radius 2 is 1.29 bits per heavy atom. The Morgan fingerprint density at radius 3 is 1.82 bits per heavy atom. The molecule has 86 valence electrons. The van der Waals surface area contributed by atoms with Crippen LogP contribution in [-0.4, -0.2) is 9.97 Å². The predicted octanol–water partition coefficient (Wildman–Crippen LogP) is 4.05. The first kappa shape index (κ1) is 12.7. The fraction of sp³-hybridized carbons (Fsp3) is 0. The molecule has 17 heavy (non-hydrogen) atoms. The number of benzene rings is 2. The van der Waals surface area contributed by atoms with Crippen LogP contribution in [0.15, 0.2) is 80.1 Å². The quantitative estimate of drug-likeness (QED) is 0.573. The number of para-hydroxylation sites is 2. The molecule has 0 fully saturated rings. The smallest absolute Gasteiger partial charge is 0.0931 e. The van der Waals surface area contributed by atoms with Gasteiger partial charge in [-0.1, -0.05) is 48.5 Å². The van der Waals surface area contributed by atoms with Gasteiger partial charge in [0.2, 0.25) is 0 Å². The monoisotopic (exact) mass is 224 g/mol. The highest BCUT2D eigenvalue weighted by atomic mass is 14.9. The van der Waals surface area contributed by atoms with Crippen LogP contribution in [0.2, 0.25) is 0 Å². The van der Waals surface area contributed by atoms with Crippen LogP contribution in [0.3, 0.4) is 0 Å². The standard InChI is InChI=1S/C7H6N2.C6H6.C2H4/c1-2-4-7-6(3-1)8-5-9-7;1-2-4-6-5-3-1;1-2/h1-5H,(H,8,9);1-6H;1-2H2. The molecule has 1 aromatic heterocycles. The maximum atomic E-state index is 4.06. The lowest BCUT2D eigenvalue weighted by Crippen LogP contribution is -1.63. The average molecular weight is 224 g/mol. The Balaban J connectivity index is 0.000000158. The minimum atomic E-state index is 1.03. The first-order valence-corrected chi connectivity index (χ1v) is 5.35. The molecule has 1 N–H and O–H groups in total. The summed E-state index contributed by atoms with van der Waals surface area (Å²) in [4.78, 5) is 7.07. The average Bonchev–Trinajstić information content (AvgIpc) is 2.92. The Morgan fingerprint density at radius 1 is 0.765 bits per heavy atom. The van der Waals surface area contributed by atoms with Crippen molar-refractivity contribution in [2.45, 2.75) is 0 Å². The second-order valence-electron chi connectivity index (χ2n) is 3.07. The summed E-state index contributed by atoms with van der Waals surface area (Å²) in [6.45, 7) is 6.00. The fourth-order valence-corrected chi connectivity index (χ4v) is 1.26. The lowest BCUT2D eigenvalue weighted by molar-refractivity contribution is 1.34. The van der Waals surface area contributed by atoms with Crippen molar-refractivity contribution in [1.82, 2.24) is 9.97 Å². The van der Waals surface area contributed by atoms with E-state index >= 15 is 0 Å². The Kier molecular flexibility index (Phi) is 5.89. The van der Waals surface area contributed by atoms with Crippen molar-refractivity contribution in [1.29, 1.82) is 0 Å². The third kappa shape index (κ3) is 4.34.